The maximum Gasteiger partial charge on any atom is 0.325 e. The van der Waals surface area contributed by atoms with Crippen molar-refractivity contribution in [2.45, 2.75) is 51.1 Å². The molecule has 128 valence electrons. The molecule has 1 saturated heterocycles. The fourth-order valence-corrected chi connectivity index (χ4v) is 3.38. The second kappa shape index (κ2) is 5.61. The van der Waals surface area contributed by atoms with E-state index in [9.17, 15) is 14.4 Å². The van der Waals surface area contributed by atoms with Crippen LogP contribution in [0.15, 0.2) is 24.3 Å². The smallest absolute Gasteiger partial charge is 0.325 e. The summed E-state index contributed by atoms with van der Waals surface area (Å²) >= 11 is 0. The van der Waals surface area contributed by atoms with Gasteiger partial charge in [0.05, 0.1) is 0 Å². The zero-order chi connectivity index (χ0) is 17.5. The number of hydrogen-bond acceptors (Lipinski definition) is 3. The third-order valence-corrected chi connectivity index (χ3v) is 5.09. The Kier molecular flexibility index (Phi) is 3.86. The standard InChI is InChI=1S/C18H23N3O3/c1-4-17(2,3)19-14(22)11-21-15(23)18(20-16(21)24)10-9-12-7-5-6-8-13(12)18/h5-8H,4,9-11H2,1-3H3,(H,19,22)(H,20,24)/t18-/m1/s1. The lowest BCUT2D eigenvalue weighted by Crippen LogP contribution is -2.49. The van der Waals surface area contributed by atoms with Gasteiger partial charge in [0, 0.05) is 5.54 Å². The van der Waals surface area contributed by atoms with Crippen molar-refractivity contribution in [2.75, 3.05) is 6.54 Å². The molecular formula is C18H23N3O3. The first-order valence-electron chi connectivity index (χ1n) is 8.32. The quantitative estimate of drug-likeness (QED) is 0.825. The van der Waals surface area contributed by atoms with Crippen LogP contribution >= 0.6 is 0 Å². The molecule has 0 unspecified atom stereocenters. The first-order chi connectivity index (χ1) is 11.3. The van der Waals surface area contributed by atoms with Gasteiger partial charge in [0.2, 0.25) is 5.91 Å². The van der Waals surface area contributed by atoms with E-state index >= 15 is 0 Å². The minimum Gasteiger partial charge on any atom is -0.350 e. The van der Waals surface area contributed by atoms with E-state index in [0.29, 0.717) is 6.42 Å². The van der Waals surface area contributed by atoms with Crippen molar-refractivity contribution in [2.24, 2.45) is 0 Å². The summed E-state index contributed by atoms with van der Waals surface area (Å²) in [6.07, 6.45) is 2.04. The van der Waals surface area contributed by atoms with E-state index < -0.39 is 11.6 Å². The van der Waals surface area contributed by atoms with Crippen molar-refractivity contribution < 1.29 is 14.4 Å². The Hall–Kier alpha value is -2.37. The monoisotopic (exact) mass is 329 g/mol. The van der Waals surface area contributed by atoms with Gasteiger partial charge in [-0.15, -0.1) is 0 Å². The first-order valence-corrected chi connectivity index (χ1v) is 8.32. The van der Waals surface area contributed by atoms with Crippen molar-refractivity contribution >= 4 is 17.8 Å². The molecule has 6 nitrogen and oxygen atoms in total. The highest BCUT2D eigenvalue weighted by molar-refractivity contribution is 6.09. The SMILES string of the molecule is CCC(C)(C)NC(=O)CN1C(=O)N[C@@]2(CCc3ccccc32)C1=O. The van der Waals surface area contributed by atoms with Gasteiger partial charge in [0.1, 0.15) is 12.1 Å². The van der Waals surface area contributed by atoms with E-state index in [0.717, 1.165) is 28.9 Å². The number of urea groups is 1. The summed E-state index contributed by atoms with van der Waals surface area (Å²) in [7, 11) is 0. The summed E-state index contributed by atoms with van der Waals surface area (Å²) in [6, 6.07) is 7.15. The van der Waals surface area contributed by atoms with Crippen LogP contribution in [0.4, 0.5) is 4.79 Å². The number of aryl methyl sites for hydroxylation is 1. The van der Waals surface area contributed by atoms with E-state index in [-0.39, 0.29) is 23.9 Å². The Bertz CT molecular complexity index is 713. The topological polar surface area (TPSA) is 78.5 Å². The molecule has 0 saturated carbocycles. The summed E-state index contributed by atoms with van der Waals surface area (Å²) in [5.41, 5.74) is 0.548. The number of fused-ring (bicyclic) bond motifs is 2. The Labute approximate surface area is 141 Å². The molecule has 3 rings (SSSR count). The Morgan fingerprint density at radius 2 is 2.04 bits per heavy atom. The average molecular weight is 329 g/mol. The number of carbonyl (C=O) groups excluding carboxylic acids is 3. The first kappa shape index (κ1) is 16.5. The van der Waals surface area contributed by atoms with Gasteiger partial charge in [0.25, 0.3) is 5.91 Å². The van der Waals surface area contributed by atoms with Crippen LogP contribution < -0.4 is 10.6 Å². The largest absolute Gasteiger partial charge is 0.350 e. The van der Waals surface area contributed by atoms with E-state index in [1.54, 1.807) is 0 Å². The van der Waals surface area contributed by atoms with Gasteiger partial charge in [-0.25, -0.2) is 4.79 Å². The lowest BCUT2D eigenvalue weighted by Gasteiger charge is -2.26. The number of carbonyl (C=O) groups is 3. The molecule has 1 atom stereocenters. The van der Waals surface area contributed by atoms with Gasteiger partial charge >= 0.3 is 6.03 Å². The van der Waals surface area contributed by atoms with Crippen LogP contribution in [-0.2, 0) is 21.5 Å². The number of benzene rings is 1. The van der Waals surface area contributed by atoms with E-state index in [1.165, 1.54) is 0 Å². The molecule has 1 aromatic rings. The second-order valence-corrected chi connectivity index (χ2v) is 7.17. The molecule has 1 fully saturated rings. The highest BCUT2D eigenvalue weighted by Gasteiger charge is 2.55. The van der Waals surface area contributed by atoms with Gasteiger partial charge in [0.15, 0.2) is 0 Å². The highest BCUT2D eigenvalue weighted by atomic mass is 16.2. The number of imide groups is 1. The minimum absolute atomic E-state index is 0.252. The molecule has 24 heavy (non-hydrogen) atoms. The van der Waals surface area contributed by atoms with Crippen molar-refractivity contribution in [1.29, 1.82) is 0 Å². The molecule has 0 bridgehead atoms. The normalized spacial score (nSPS) is 22.7. The molecule has 4 amide bonds. The van der Waals surface area contributed by atoms with Gasteiger partial charge < -0.3 is 10.6 Å². The van der Waals surface area contributed by atoms with Crippen LogP contribution in [0.25, 0.3) is 0 Å². The van der Waals surface area contributed by atoms with Crippen molar-refractivity contribution in [3.63, 3.8) is 0 Å². The lowest BCUT2D eigenvalue weighted by atomic mass is 9.92. The molecule has 6 heteroatoms. The van der Waals surface area contributed by atoms with Crippen LogP contribution in [0.1, 0.15) is 44.7 Å². The summed E-state index contributed by atoms with van der Waals surface area (Å²) < 4.78 is 0. The molecular weight excluding hydrogens is 306 g/mol. The van der Waals surface area contributed by atoms with Crippen LogP contribution in [0.3, 0.4) is 0 Å². The van der Waals surface area contributed by atoms with Crippen molar-refractivity contribution in [1.82, 2.24) is 15.5 Å². The predicted molar refractivity (Wildman–Crippen MR) is 89.2 cm³/mol. The maximum atomic E-state index is 12.9. The van der Waals surface area contributed by atoms with E-state index in [4.69, 9.17) is 0 Å². The van der Waals surface area contributed by atoms with Crippen molar-refractivity contribution in [3.8, 4) is 0 Å². The summed E-state index contributed by atoms with van der Waals surface area (Å²) in [5, 5.41) is 5.68. The fraction of sp³-hybridized carbons (Fsp3) is 0.500. The third-order valence-electron chi connectivity index (χ3n) is 5.09. The highest BCUT2D eigenvalue weighted by Crippen LogP contribution is 2.41. The van der Waals surface area contributed by atoms with Crippen LogP contribution in [-0.4, -0.2) is 34.8 Å². The fourth-order valence-electron chi connectivity index (χ4n) is 3.38. The molecule has 0 radical (unpaired) electrons. The third kappa shape index (κ3) is 2.56. The summed E-state index contributed by atoms with van der Waals surface area (Å²) in [5.74, 6) is -0.657. The zero-order valence-electron chi connectivity index (χ0n) is 14.3. The molecule has 0 aromatic heterocycles. The van der Waals surface area contributed by atoms with Crippen LogP contribution in [0, 0.1) is 0 Å². The lowest BCUT2D eigenvalue weighted by molar-refractivity contribution is -0.135. The number of hydrogen-bond donors (Lipinski definition) is 2. The average Bonchev–Trinajstić information content (AvgIpc) is 3.01. The molecule has 1 aromatic carbocycles. The van der Waals surface area contributed by atoms with Crippen molar-refractivity contribution in [3.05, 3.63) is 35.4 Å². The minimum atomic E-state index is -1.01. The Morgan fingerprint density at radius 1 is 1.33 bits per heavy atom. The maximum absolute atomic E-state index is 12.9. The van der Waals surface area contributed by atoms with E-state index in [1.807, 2.05) is 45.0 Å². The number of nitrogens with one attached hydrogen (secondary N) is 2. The Morgan fingerprint density at radius 3 is 2.75 bits per heavy atom. The Balaban J connectivity index is 1.80. The molecule has 1 aliphatic carbocycles. The van der Waals surface area contributed by atoms with Gasteiger partial charge in [-0.05, 0) is 44.2 Å². The molecule has 1 aliphatic heterocycles. The predicted octanol–water partition coefficient (Wildman–Crippen LogP) is 1.68. The molecule has 1 heterocycles. The van der Waals surface area contributed by atoms with Gasteiger partial charge in [-0.3, -0.25) is 14.5 Å². The molecule has 2 aliphatic rings. The molecule has 1 spiro atoms. The number of rotatable bonds is 4. The zero-order valence-corrected chi connectivity index (χ0v) is 14.3. The summed E-state index contributed by atoms with van der Waals surface area (Å²) in [6.45, 7) is 5.54. The number of amides is 4. The van der Waals surface area contributed by atoms with Gasteiger partial charge in [-0.1, -0.05) is 31.2 Å². The van der Waals surface area contributed by atoms with E-state index in [2.05, 4.69) is 10.6 Å². The van der Waals surface area contributed by atoms with Crippen LogP contribution in [0.5, 0.6) is 0 Å². The van der Waals surface area contributed by atoms with Gasteiger partial charge in [-0.2, -0.15) is 0 Å². The second-order valence-electron chi connectivity index (χ2n) is 7.17. The summed E-state index contributed by atoms with van der Waals surface area (Å²) in [4.78, 5) is 38.5. The van der Waals surface area contributed by atoms with Crippen LogP contribution in [0.2, 0.25) is 0 Å². The molecule has 2 N–H and O–H groups in total. The number of nitrogens with zero attached hydrogens (tertiary/aromatic N) is 1.